The smallest absolute Gasteiger partial charge is 0.348 e. The summed E-state index contributed by atoms with van der Waals surface area (Å²) < 4.78 is 16.3. The van der Waals surface area contributed by atoms with Gasteiger partial charge in [-0.25, -0.2) is 4.79 Å². The van der Waals surface area contributed by atoms with E-state index in [1.807, 2.05) is 24.3 Å². The second kappa shape index (κ2) is 7.39. The lowest BCUT2D eigenvalue weighted by atomic mass is 9.90. The van der Waals surface area contributed by atoms with Crippen LogP contribution in [0.25, 0.3) is 11.1 Å². The molecule has 26 heavy (non-hydrogen) atoms. The van der Waals surface area contributed by atoms with Crippen molar-refractivity contribution in [3.63, 3.8) is 0 Å². The predicted molar refractivity (Wildman–Crippen MR) is 102 cm³/mol. The second-order valence-electron chi connectivity index (χ2n) is 7.17. The lowest BCUT2D eigenvalue weighted by molar-refractivity contribution is -0.127. The standard InChI is InChI=1S/C20H23NO4S/c1-20(12-24-13-20)14-25-19(22)17-11-16(15-5-3-2-4-6-15)18(26-17)21-7-9-23-10-8-21/h2-6,11H,7-10,12-14H2,1H3. The Morgan fingerprint density at radius 1 is 1.19 bits per heavy atom. The van der Waals surface area contributed by atoms with Crippen molar-refractivity contribution in [1.82, 2.24) is 0 Å². The lowest BCUT2D eigenvalue weighted by Gasteiger charge is -2.37. The van der Waals surface area contributed by atoms with E-state index in [1.165, 1.54) is 11.3 Å². The van der Waals surface area contributed by atoms with Crippen molar-refractivity contribution in [3.05, 3.63) is 41.3 Å². The first-order valence-electron chi connectivity index (χ1n) is 8.91. The average molecular weight is 373 g/mol. The molecule has 2 saturated heterocycles. The van der Waals surface area contributed by atoms with E-state index < -0.39 is 0 Å². The van der Waals surface area contributed by atoms with Crippen LogP contribution < -0.4 is 4.90 Å². The minimum Gasteiger partial charge on any atom is -0.461 e. The van der Waals surface area contributed by atoms with Crippen LogP contribution in [0.2, 0.25) is 0 Å². The van der Waals surface area contributed by atoms with E-state index in [0.717, 1.165) is 29.2 Å². The summed E-state index contributed by atoms with van der Waals surface area (Å²) >= 11 is 1.51. The van der Waals surface area contributed by atoms with Crippen molar-refractivity contribution < 1.29 is 19.0 Å². The van der Waals surface area contributed by atoms with Gasteiger partial charge in [-0.15, -0.1) is 11.3 Å². The summed E-state index contributed by atoms with van der Waals surface area (Å²) in [6.45, 7) is 6.88. The third-order valence-corrected chi connectivity index (χ3v) is 5.93. The van der Waals surface area contributed by atoms with Crippen LogP contribution in [0.4, 0.5) is 5.00 Å². The molecule has 1 aromatic carbocycles. The highest BCUT2D eigenvalue weighted by molar-refractivity contribution is 7.18. The van der Waals surface area contributed by atoms with Crippen molar-refractivity contribution in [1.29, 1.82) is 0 Å². The van der Waals surface area contributed by atoms with Crippen LogP contribution >= 0.6 is 11.3 Å². The van der Waals surface area contributed by atoms with E-state index in [2.05, 4.69) is 24.0 Å². The number of morpholine rings is 1. The predicted octanol–water partition coefficient (Wildman–Crippen LogP) is 3.45. The zero-order valence-corrected chi connectivity index (χ0v) is 15.7. The Bertz CT molecular complexity index is 763. The monoisotopic (exact) mass is 373 g/mol. The number of benzene rings is 1. The fourth-order valence-corrected chi connectivity index (χ4v) is 4.28. The molecule has 0 amide bonds. The summed E-state index contributed by atoms with van der Waals surface area (Å²) in [4.78, 5) is 15.6. The molecular formula is C20H23NO4S. The van der Waals surface area contributed by atoms with E-state index in [9.17, 15) is 4.79 Å². The maximum absolute atomic E-state index is 12.6. The fourth-order valence-electron chi connectivity index (χ4n) is 3.15. The molecule has 0 spiro atoms. The number of ether oxygens (including phenoxy) is 3. The normalized spacial score (nSPS) is 19.0. The number of carbonyl (C=O) groups excluding carboxylic acids is 1. The molecule has 5 nitrogen and oxygen atoms in total. The van der Waals surface area contributed by atoms with Gasteiger partial charge in [0.25, 0.3) is 0 Å². The van der Waals surface area contributed by atoms with Crippen LogP contribution in [0.5, 0.6) is 0 Å². The Hall–Kier alpha value is -1.89. The summed E-state index contributed by atoms with van der Waals surface area (Å²) in [5.41, 5.74) is 2.16. The van der Waals surface area contributed by atoms with Crippen LogP contribution in [-0.2, 0) is 14.2 Å². The molecule has 6 heteroatoms. The van der Waals surface area contributed by atoms with Crippen LogP contribution in [0.1, 0.15) is 16.6 Å². The van der Waals surface area contributed by atoms with E-state index in [1.54, 1.807) is 0 Å². The number of rotatable bonds is 5. The van der Waals surface area contributed by atoms with E-state index in [4.69, 9.17) is 14.2 Å². The quantitative estimate of drug-likeness (QED) is 0.752. The fraction of sp³-hybridized carbons (Fsp3) is 0.450. The van der Waals surface area contributed by atoms with E-state index >= 15 is 0 Å². The maximum atomic E-state index is 12.6. The van der Waals surface area contributed by atoms with Crippen LogP contribution in [0.15, 0.2) is 36.4 Å². The molecule has 2 aliphatic heterocycles. The number of thiophene rings is 1. The summed E-state index contributed by atoms with van der Waals surface area (Å²) in [6, 6.07) is 12.2. The molecule has 2 aromatic rings. The van der Waals surface area contributed by atoms with Crippen molar-refractivity contribution in [2.75, 3.05) is 51.0 Å². The van der Waals surface area contributed by atoms with Gasteiger partial charge in [0.1, 0.15) is 11.5 Å². The van der Waals surface area contributed by atoms with Crippen molar-refractivity contribution in [2.24, 2.45) is 5.41 Å². The van der Waals surface area contributed by atoms with Crippen LogP contribution in [0.3, 0.4) is 0 Å². The average Bonchev–Trinajstić information content (AvgIpc) is 3.11. The minimum atomic E-state index is -0.250. The third kappa shape index (κ3) is 3.63. The molecule has 1 aromatic heterocycles. The number of hydrogen-bond donors (Lipinski definition) is 0. The highest BCUT2D eigenvalue weighted by Gasteiger charge is 2.35. The Labute approximate surface area is 157 Å². The minimum absolute atomic E-state index is 0.0395. The summed E-state index contributed by atoms with van der Waals surface area (Å²) in [6.07, 6.45) is 0. The number of nitrogens with zero attached hydrogens (tertiary/aromatic N) is 1. The van der Waals surface area contributed by atoms with Gasteiger partial charge in [0, 0.05) is 24.1 Å². The first kappa shape index (κ1) is 17.5. The third-order valence-electron chi connectivity index (χ3n) is 4.75. The topological polar surface area (TPSA) is 48.0 Å². The molecule has 2 fully saturated rings. The summed E-state index contributed by atoms with van der Waals surface area (Å²) in [7, 11) is 0. The highest BCUT2D eigenvalue weighted by Crippen LogP contribution is 2.40. The zero-order chi connectivity index (χ0) is 18.0. The summed E-state index contributed by atoms with van der Waals surface area (Å²) in [5, 5.41) is 1.12. The molecule has 4 rings (SSSR count). The Morgan fingerprint density at radius 2 is 1.92 bits per heavy atom. The van der Waals surface area contributed by atoms with Gasteiger partial charge in [-0.3, -0.25) is 0 Å². The number of anilines is 1. The number of carbonyl (C=O) groups is 1. The highest BCUT2D eigenvalue weighted by atomic mass is 32.1. The van der Waals surface area contributed by atoms with Gasteiger partial charge in [-0.1, -0.05) is 37.3 Å². The molecular weight excluding hydrogens is 350 g/mol. The molecule has 0 unspecified atom stereocenters. The SMILES string of the molecule is CC1(COC(=O)c2cc(-c3ccccc3)c(N3CCOCC3)s2)COC1. The van der Waals surface area contributed by atoms with E-state index in [-0.39, 0.29) is 11.4 Å². The van der Waals surface area contributed by atoms with E-state index in [0.29, 0.717) is 37.9 Å². The van der Waals surface area contributed by atoms with Gasteiger partial charge in [-0.2, -0.15) is 0 Å². The second-order valence-corrected chi connectivity index (χ2v) is 8.21. The Balaban J connectivity index is 1.59. The number of esters is 1. The van der Waals surface area contributed by atoms with Crippen LogP contribution in [0, 0.1) is 5.41 Å². The molecule has 0 radical (unpaired) electrons. The Kier molecular flexibility index (Phi) is 4.98. The molecule has 0 saturated carbocycles. The molecule has 0 atom stereocenters. The van der Waals surface area contributed by atoms with Crippen molar-refractivity contribution in [2.45, 2.75) is 6.92 Å². The largest absolute Gasteiger partial charge is 0.461 e. The first-order valence-corrected chi connectivity index (χ1v) is 9.73. The van der Waals surface area contributed by atoms with Gasteiger partial charge < -0.3 is 19.1 Å². The van der Waals surface area contributed by atoms with Crippen LogP contribution in [-0.4, -0.2) is 52.1 Å². The lowest BCUT2D eigenvalue weighted by Crippen LogP contribution is -2.44. The van der Waals surface area contributed by atoms with Gasteiger partial charge in [0.15, 0.2) is 0 Å². The molecule has 3 heterocycles. The summed E-state index contributed by atoms with van der Waals surface area (Å²) in [5.74, 6) is -0.250. The van der Waals surface area contributed by atoms with Crippen molar-refractivity contribution in [3.8, 4) is 11.1 Å². The molecule has 0 N–H and O–H groups in total. The molecule has 138 valence electrons. The van der Waals surface area contributed by atoms with Crippen molar-refractivity contribution >= 4 is 22.3 Å². The molecule has 2 aliphatic rings. The van der Waals surface area contributed by atoms with Gasteiger partial charge >= 0.3 is 5.97 Å². The van der Waals surface area contributed by atoms with Gasteiger partial charge in [0.05, 0.1) is 31.4 Å². The maximum Gasteiger partial charge on any atom is 0.348 e. The Morgan fingerprint density at radius 3 is 2.58 bits per heavy atom. The zero-order valence-electron chi connectivity index (χ0n) is 14.9. The molecule has 0 bridgehead atoms. The first-order chi connectivity index (χ1) is 12.6. The van der Waals surface area contributed by atoms with Gasteiger partial charge in [-0.05, 0) is 11.6 Å². The molecule has 0 aliphatic carbocycles. The number of hydrogen-bond acceptors (Lipinski definition) is 6. The van der Waals surface area contributed by atoms with Gasteiger partial charge in [0.2, 0.25) is 0 Å².